The van der Waals surface area contributed by atoms with Crippen molar-refractivity contribution in [1.82, 2.24) is 0 Å². The lowest BCUT2D eigenvalue weighted by Crippen LogP contribution is -2.12. The molecule has 0 unspecified atom stereocenters. The van der Waals surface area contributed by atoms with E-state index >= 15 is 0 Å². The van der Waals surface area contributed by atoms with Gasteiger partial charge in [-0.2, -0.15) is 0 Å². The summed E-state index contributed by atoms with van der Waals surface area (Å²) in [7, 11) is 1.62. The van der Waals surface area contributed by atoms with E-state index in [4.69, 9.17) is 14.2 Å². The molecule has 156 valence electrons. The van der Waals surface area contributed by atoms with Crippen LogP contribution in [0.1, 0.15) is 61.5 Å². The van der Waals surface area contributed by atoms with Crippen LogP contribution in [0.25, 0.3) is 0 Å². The summed E-state index contributed by atoms with van der Waals surface area (Å²) < 4.78 is 17.0. The Labute approximate surface area is 174 Å². The molecule has 0 aromatic heterocycles. The number of esters is 1. The van der Waals surface area contributed by atoms with Gasteiger partial charge in [0.1, 0.15) is 30.3 Å². The number of rotatable bonds is 11. The monoisotopic (exact) mass is 396 g/mol. The Hall–Kier alpha value is -2.75. The lowest BCUT2D eigenvalue weighted by molar-refractivity contribution is 0.0467. The summed E-state index contributed by atoms with van der Waals surface area (Å²) in [6, 6.07) is 13.4. The van der Waals surface area contributed by atoms with E-state index in [0.29, 0.717) is 23.7 Å². The molecule has 2 aromatic carbocycles. The van der Waals surface area contributed by atoms with Gasteiger partial charge in [-0.25, -0.2) is 4.79 Å². The summed E-state index contributed by atoms with van der Waals surface area (Å²) in [5.41, 5.74) is 3.52. The molecule has 0 atom stereocenters. The summed E-state index contributed by atoms with van der Waals surface area (Å²) in [5, 5.41) is 0. The number of carbonyl (C=O) groups excluding carboxylic acids is 1. The van der Waals surface area contributed by atoms with E-state index < -0.39 is 0 Å². The zero-order valence-electron chi connectivity index (χ0n) is 18.0. The van der Waals surface area contributed by atoms with Gasteiger partial charge in [0.2, 0.25) is 0 Å². The molecule has 29 heavy (non-hydrogen) atoms. The van der Waals surface area contributed by atoms with Crippen LogP contribution < -0.4 is 9.47 Å². The Morgan fingerprint density at radius 3 is 2.48 bits per heavy atom. The van der Waals surface area contributed by atoms with Crippen molar-refractivity contribution in [2.75, 3.05) is 13.7 Å². The molecule has 0 radical (unpaired) electrons. The van der Waals surface area contributed by atoms with E-state index in [9.17, 15) is 4.79 Å². The molecular weight excluding hydrogens is 364 g/mol. The van der Waals surface area contributed by atoms with E-state index in [-0.39, 0.29) is 12.6 Å². The highest BCUT2D eigenvalue weighted by Crippen LogP contribution is 2.31. The lowest BCUT2D eigenvalue weighted by atomic mass is 9.99. The summed E-state index contributed by atoms with van der Waals surface area (Å²) in [6.07, 6.45) is 5.97. The quantitative estimate of drug-likeness (QED) is 0.260. The van der Waals surface area contributed by atoms with Crippen molar-refractivity contribution in [2.24, 2.45) is 0 Å². The van der Waals surface area contributed by atoms with E-state index in [1.807, 2.05) is 56.3 Å². The van der Waals surface area contributed by atoms with E-state index in [1.165, 1.54) is 0 Å². The van der Waals surface area contributed by atoms with Crippen molar-refractivity contribution >= 4 is 5.97 Å². The normalized spacial score (nSPS) is 10.3. The number of unbranched alkanes of at least 4 members (excludes halogenated alkanes) is 2. The smallest absolute Gasteiger partial charge is 0.342 e. The standard InChI is InChI=1S/C25H32O4/c1-5-6-8-13-21-16-22(27-4)17-23(28-15-14-19(2)3)24(21)25(26)29-18-20-11-9-7-10-12-20/h7,9-12,14,16-17H,5-6,8,13,15,18H2,1-4H3. The second-order valence-corrected chi connectivity index (χ2v) is 7.27. The number of hydrogen-bond acceptors (Lipinski definition) is 4. The highest BCUT2D eigenvalue weighted by Gasteiger charge is 2.21. The Morgan fingerprint density at radius 1 is 1.07 bits per heavy atom. The molecule has 0 aliphatic heterocycles. The fourth-order valence-corrected chi connectivity index (χ4v) is 2.96. The molecule has 0 aliphatic carbocycles. The van der Waals surface area contributed by atoms with Crippen LogP contribution in [0.15, 0.2) is 54.1 Å². The molecule has 0 aliphatic rings. The highest BCUT2D eigenvalue weighted by molar-refractivity contribution is 5.94. The molecule has 0 bridgehead atoms. The molecule has 0 amide bonds. The zero-order valence-corrected chi connectivity index (χ0v) is 18.0. The first-order valence-corrected chi connectivity index (χ1v) is 10.2. The Balaban J connectivity index is 2.31. The third kappa shape index (κ3) is 7.30. The predicted octanol–water partition coefficient (Wildman–Crippen LogP) is 6.13. The maximum atomic E-state index is 13.0. The van der Waals surface area contributed by atoms with Crippen molar-refractivity contribution in [3.63, 3.8) is 0 Å². The highest BCUT2D eigenvalue weighted by atomic mass is 16.5. The van der Waals surface area contributed by atoms with Crippen LogP contribution in [0, 0.1) is 0 Å². The maximum Gasteiger partial charge on any atom is 0.342 e. The van der Waals surface area contributed by atoms with Gasteiger partial charge in [0, 0.05) is 6.07 Å². The number of carbonyl (C=O) groups is 1. The molecule has 0 heterocycles. The van der Waals surface area contributed by atoms with Gasteiger partial charge in [0.05, 0.1) is 7.11 Å². The van der Waals surface area contributed by atoms with Gasteiger partial charge in [-0.15, -0.1) is 0 Å². The van der Waals surface area contributed by atoms with Crippen LogP contribution in [0.2, 0.25) is 0 Å². The number of methoxy groups -OCH3 is 1. The second-order valence-electron chi connectivity index (χ2n) is 7.27. The molecule has 0 saturated heterocycles. The van der Waals surface area contributed by atoms with Crippen LogP contribution in [0.3, 0.4) is 0 Å². The van der Waals surface area contributed by atoms with Crippen molar-refractivity contribution in [1.29, 1.82) is 0 Å². The molecule has 0 fully saturated rings. The molecule has 0 saturated carbocycles. The van der Waals surface area contributed by atoms with Crippen LogP contribution in [-0.4, -0.2) is 19.7 Å². The van der Waals surface area contributed by atoms with Gasteiger partial charge in [0.15, 0.2) is 0 Å². The van der Waals surface area contributed by atoms with E-state index in [1.54, 1.807) is 13.2 Å². The fourth-order valence-electron chi connectivity index (χ4n) is 2.96. The topological polar surface area (TPSA) is 44.8 Å². The van der Waals surface area contributed by atoms with Crippen LogP contribution in [0.5, 0.6) is 11.5 Å². The van der Waals surface area contributed by atoms with Crippen molar-refractivity contribution in [3.8, 4) is 11.5 Å². The van der Waals surface area contributed by atoms with Gasteiger partial charge < -0.3 is 14.2 Å². The largest absolute Gasteiger partial charge is 0.497 e. The number of hydrogen-bond donors (Lipinski definition) is 0. The summed E-state index contributed by atoms with van der Waals surface area (Å²) in [5.74, 6) is 0.824. The average Bonchev–Trinajstić information content (AvgIpc) is 2.72. The lowest BCUT2D eigenvalue weighted by Gasteiger charge is -2.16. The van der Waals surface area contributed by atoms with E-state index in [0.717, 1.165) is 42.4 Å². The number of ether oxygens (including phenoxy) is 3. The molecule has 2 rings (SSSR count). The Bertz CT molecular complexity index is 805. The number of aryl methyl sites for hydroxylation is 1. The first-order chi connectivity index (χ1) is 14.0. The first kappa shape index (κ1) is 22.5. The van der Waals surface area contributed by atoms with E-state index in [2.05, 4.69) is 6.92 Å². The second kappa shape index (κ2) is 11.9. The van der Waals surface area contributed by atoms with Gasteiger partial charge in [0.25, 0.3) is 0 Å². The number of benzene rings is 2. The van der Waals surface area contributed by atoms with Gasteiger partial charge in [-0.3, -0.25) is 0 Å². The minimum Gasteiger partial charge on any atom is -0.497 e. The van der Waals surface area contributed by atoms with Gasteiger partial charge in [-0.05, 0) is 50.0 Å². The average molecular weight is 397 g/mol. The molecule has 4 nitrogen and oxygen atoms in total. The summed E-state index contributed by atoms with van der Waals surface area (Å²) in [6.45, 7) is 6.81. The minimum absolute atomic E-state index is 0.230. The Kier molecular flexibility index (Phi) is 9.29. The zero-order chi connectivity index (χ0) is 21.1. The Morgan fingerprint density at radius 2 is 1.83 bits per heavy atom. The predicted molar refractivity (Wildman–Crippen MR) is 117 cm³/mol. The molecule has 4 heteroatoms. The van der Waals surface area contributed by atoms with Crippen LogP contribution in [-0.2, 0) is 17.8 Å². The third-order valence-electron chi connectivity index (χ3n) is 4.59. The number of allylic oxidation sites excluding steroid dienone is 1. The van der Waals surface area contributed by atoms with Crippen LogP contribution in [0.4, 0.5) is 0 Å². The van der Waals surface area contributed by atoms with Crippen LogP contribution >= 0.6 is 0 Å². The summed E-state index contributed by atoms with van der Waals surface area (Å²) in [4.78, 5) is 13.0. The maximum absolute atomic E-state index is 13.0. The SMILES string of the molecule is CCCCCc1cc(OC)cc(OCC=C(C)C)c1C(=O)OCc1ccccc1. The van der Waals surface area contributed by atoms with Crippen molar-refractivity contribution < 1.29 is 19.0 Å². The van der Waals surface area contributed by atoms with Gasteiger partial charge in [-0.1, -0.05) is 55.7 Å². The molecule has 0 spiro atoms. The molecule has 2 aromatic rings. The molecule has 0 N–H and O–H groups in total. The van der Waals surface area contributed by atoms with Crippen molar-refractivity contribution in [3.05, 3.63) is 70.8 Å². The van der Waals surface area contributed by atoms with Gasteiger partial charge >= 0.3 is 5.97 Å². The minimum atomic E-state index is -0.366. The summed E-state index contributed by atoms with van der Waals surface area (Å²) >= 11 is 0. The fraction of sp³-hybridized carbons (Fsp3) is 0.400. The van der Waals surface area contributed by atoms with Crippen molar-refractivity contribution in [2.45, 2.75) is 53.1 Å². The third-order valence-corrected chi connectivity index (χ3v) is 4.59. The first-order valence-electron chi connectivity index (χ1n) is 10.2. The molecular formula is C25H32O4.